The highest BCUT2D eigenvalue weighted by Gasteiger charge is 2.31. The molecule has 0 unspecified atom stereocenters. The lowest BCUT2D eigenvalue weighted by Crippen LogP contribution is -2.28. The maximum atomic E-state index is 11.1. The lowest BCUT2D eigenvalue weighted by atomic mass is 9.78. The quantitative estimate of drug-likeness (QED) is 0.649. The van der Waals surface area contributed by atoms with Crippen LogP contribution < -0.4 is 0 Å². The first-order valence-electron chi connectivity index (χ1n) is 5.23. The van der Waals surface area contributed by atoms with Crippen LogP contribution in [0.15, 0.2) is 0 Å². The fraction of sp³-hybridized carbons (Fsp3) is 0.909. The number of carbonyl (C=O) groups is 1. The van der Waals surface area contributed by atoms with Crippen molar-refractivity contribution in [1.29, 1.82) is 0 Å². The van der Waals surface area contributed by atoms with Crippen LogP contribution in [0.3, 0.4) is 0 Å². The Hall–Kier alpha value is 0.0200. The molecule has 1 saturated heterocycles. The van der Waals surface area contributed by atoms with Crippen molar-refractivity contribution in [2.45, 2.75) is 39.5 Å². The molecule has 76 valence electrons. The van der Waals surface area contributed by atoms with Gasteiger partial charge in [0, 0.05) is 5.41 Å². The smallest absolute Gasteiger partial charge is 0.126 e. The zero-order valence-corrected chi connectivity index (χ0v) is 9.53. The first-order chi connectivity index (χ1) is 6.18. The van der Waals surface area contributed by atoms with Gasteiger partial charge in [0.1, 0.15) is 6.29 Å². The van der Waals surface area contributed by atoms with Gasteiger partial charge in [-0.05, 0) is 36.7 Å². The number of carbonyl (C=O) groups excluding carboxylic acids is 1. The topological polar surface area (TPSA) is 17.1 Å². The molecule has 0 aromatic heterocycles. The minimum absolute atomic E-state index is 0.0511. The molecule has 0 N–H and O–H groups in total. The molecule has 1 aliphatic heterocycles. The molecule has 1 heterocycles. The van der Waals surface area contributed by atoms with Crippen LogP contribution in [0.5, 0.6) is 0 Å². The molecule has 0 bridgehead atoms. The van der Waals surface area contributed by atoms with Crippen molar-refractivity contribution in [1.82, 2.24) is 0 Å². The summed E-state index contributed by atoms with van der Waals surface area (Å²) >= 11 is 1.99. The third kappa shape index (κ3) is 3.34. The Morgan fingerprint density at radius 1 is 1.38 bits per heavy atom. The van der Waals surface area contributed by atoms with Crippen LogP contribution in [0.25, 0.3) is 0 Å². The molecule has 1 nitrogen and oxygen atoms in total. The van der Waals surface area contributed by atoms with Crippen molar-refractivity contribution < 1.29 is 4.79 Å². The first-order valence-corrected chi connectivity index (χ1v) is 6.38. The lowest BCUT2D eigenvalue weighted by molar-refractivity contribution is -0.117. The predicted molar refractivity (Wildman–Crippen MR) is 59.1 cm³/mol. The van der Waals surface area contributed by atoms with E-state index in [0.29, 0.717) is 0 Å². The Morgan fingerprint density at radius 2 is 2.00 bits per heavy atom. The molecule has 2 heteroatoms. The highest BCUT2D eigenvalue weighted by atomic mass is 32.2. The summed E-state index contributed by atoms with van der Waals surface area (Å²) in [4.78, 5) is 11.1. The van der Waals surface area contributed by atoms with Gasteiger partial charge in [0.2, 0.25) is 0 Å². The summed E-state index contributed by atoms with van der Waals surface area (Å²) in [6, 6.07) is 0. The van der Waals surface area contributed by atoms with Crippen LogP contribution in [0.2, 0.25) is 0 Å². The van der Waals surface area contributed by atoms with Crippen LogP contribution in [-0.2, 0) is 4.79 Å². The van der Waals surface area contributed by atoms with Crippen LogP contribution in [-0.4, -0.2) is 17.8 Å². The van der Waals surface area contributed by atoms with Gasteiger partial charge in [-0.1, -0.05) is 20.3 Å². The lowest BCUT2D eigenvalue weighted by Gasteiger charge is -2.32. The van der Waals surface area contributed by atoms with E-state index in [2.05, 4.69) is 13.8 Å². The minimum atomic E-state index is 0.0511. The number of rotatable bonds is 4. The van der Waals surface area contributed by atoms with Gasteiger partial charge in [-0.3, -0.25) is 0 Å². The van der Waals surface area contributed by atoms with E-state index in [0.717, 1.165) is 25.2 Å². The van der Waals surface area contributed by atoms with E-state index in [1.165, 1.54) is 24.2 Å². The van der Waals surface area contributed by atoms with E-state index in [1.54, 1.807) is 0 Å². The largest absolute Gasteiger partial charge is 0.303 e. The molecular weight excluding hydrogens is 180 g/mol. The molecule has 1 fully saturated rings. The Labute approximate surface area is 85.7 Å². The van der Waals surface area contributed by atoms with E-state index < -0.39 is 0 Å². The van der Waals surface area contributed by atoms with Crippen molar-refractivity contribution in [3.63, 3.8) is 0 Å². The standard InChI is InChI=1S/C11H20OS/c1-10(2)3-4-11(9-12)5-7-13-8-6-11/h9-10H,3-8H2,1-2H3. The Bertz CT molecular complexity index is 159. The molecule has 0 aliphatic carbocycles. The first kappa shape index (κ1) is 11.1. The molecule has 0 amide bonds. The van der Waals surface area contributed by atoms with Crippen molar-refractivity contribution in [3.05, 3.63) is 0 Å². The summed E-state index contributed by atoms with van der Waals surface area (Å²) in [6.07, 6.45) is 5.75. The number of thioether (sulfide) groups is 1. The minimum Gasteiger partial charge on any atom is -0.303 e. The molecule has 0 radical (unpaired) electrons. The second-order valence-electron chi connectivity index (χ2n) is 4.53. The SMILES string of the molecule is CC(C)CCC1(C=O)CCSCC1. The Morgan fingerprint density at radius 3 is 2.46 bits per heavy atom. The molecule has 0 aromatic rings. The third-order valence-electron chi connectivity index (χ3n) is 2.96. The van der Waals surface area contributed by atoms with Crippen molar-refractivity contribution >= 4 is 18.0 Å². The zero-order valence-electron chi connectivity index (χ0n) is 8.71. The average molecular weight is 200 g/mol. The third-order valence-corrected chi connectivity index (χ3v) is 3.94. The summed E-state index contributed by atoms with van der Waals surface area (Å²) in [5, 5.41) is 0. The molecule has 1 rings (SSSR count). The molecule has 0 atom stereocenters. The monoisotopic (exact) mass is 200 g/mol. The van der Waals surface area contributed by atoms with Crippen LogP contribution >= 0.6 is 11.8 Å². The molecular formula is C11H20OS. The zero-order chi connectivity index (χ0) is 9.73. The van der Waals surface area contributed by atoms with Gasteiger partial charge in [-0.2, -0.15) is 11.8 Å². The highest BCUT2D eigenvalue weighted by molar-refractivity contribution is 7.99. The predicted octanol–water partition coefficient (Wildman–Crippen LogP) is 3.13. The van der Waals surface area contributed by atoms with Gasteiger partial charge in [-0.15, -0.1) is 0 Å². The summed E-state index contributed by atoms with van der Waals surface area (Å²) in [7, 11) is 0. The Kier molecular flexibility index (Phi) is 4.30. The van der Waals surface area contributed by atoms with E-state index in [4.69, 9.17) is 0 Å². The van der Waals surface area contributed by atoms with E-state index in [9.17, 15) is 4.79 Å². The number of hydrogen-bond acceptors (Lipinski definition) is 2. The van der Waals surface area contributed by atoms with Crippen LogP contribution in [0.1, 0.15) is 39.5 Å². The Balaban J connectivity index is 2.42. The summed E-state index contributed by atoms with van der Waals surface area (Å²) in [5.41, 5.74) is 0.0511. The van der Waals surface area contributed by atoms with Gasteiger partial charge in [0.15, 0.2) is 0 Å². The fourth-order valence-corrected chi connectivity index (χ4v) is 3.09. The van der Waals surface area contributed by atoms with Gasteiger partial charge in [0.05, 0.1) is 0 Å². The normalized spacial score (nSPS) is 21.8. The van der Waals surface area contributed by atoms with Gasteiger partial charge < -0.3 is 4.79 Å². The van der Waals surface area contributed by atoms with E-state index in [-0.39, 0.29) is 5.41 Å². The van der Waals surface area contributed by atoms with Crippen LogP contribution in [0, 0.1) is 11.3 Å². The number of aldehydes is 1. The highest BCUT2D eigenvalue weighted by Crippen LogP contribution is 2.37. The van der Waals surface area contributed by atoms with E-state index in [1.807, 2.05) is 11.8 Å². The maximum absolute atomic E-state index is 11.1. The second kappa shape index (κ2) is 5.04. The molecule has 0 aromatic carbocycles. The average Bonchev–Trinajstić information content (AvgIpc) is 2.16. The summed E-state index contributed by atoms with van der Waals surface area (Å²) < 4.78 is 0. The summed E-state index contributed by atoms with van der Waals surface area (Å²) in [6.45, 7) is 4.46. The van der Waals surface area contributed by atoms with Crippen LogP contribution in [0.4, 0.5) is 0 Å². The molecule has 13 heavy (non-hydrogen) atoms. The van der Waals surface area contributed by atoms with Crippen molar-refractivity contribution in [3.8, 4) is 0 Å². The van der Waals surface area contributed by atoms with Gasteiger partial charge >= 0.3 is 0 Å². The van der Waals surface area contributed by atoms with Gasteiger partial charge in [-0.25, -0.2) is 0 Å². The second-order valence-corrected chi connectivity index (χ2v) is 5.75. The van der Waals surface area contributed by atoms with E-state index >= 15 is 0 Å². The van der Waals surface area contributed by atoms with Gasteiger partial charge in [0.25, 0.3) is 0 Å². The maximum Gasteiger partial charge on any atom is 0.126 e. The summed E-state index contributed by atoms with van der Waals surface area (Å²) in [5.74, 6) is 3.08. The van der Waals surface area contributed by atoms with Crippen molar-refractivity contribution in [2.24, 2.45) is 11.3 Å². The molecule has 0 saturated carbocycles. The number of hydrogen-bond donors (Lipinski definition) is 0. The molecule has 1 aliphatic rings. The van der Waals surface area contributed by atoms with Crippen molar-refractivity contribution in [2.75, 3.05) is 11.5 Å². The fourth-order valence-electron chi connectivity index (χ4n) is 1.78. The molecule has 0 spiro atoms.